The molecule has 0 aliphatic heterocycles. The average Bonchev–Trinajstić information content (AvgIpc) is 3.05. The molecule has 0 spiro atoms. The molecule has 0 aliphatic carbocycles. The van der Waals surface area contributed by atoms with Crippen LogP contribution in [0.1, 0.15) is 31.4 Å². The Balaban J connectivity index is 1.88. The first kappa shape index (κ1) is 14.8. The minimum atomic E-state index is -0.0376. The van der Waals surface area contributed by atoms with Crippen molar-refractivity contribution in [2.75, 3.05) is 6.61 Å². The van der Waals surface area contributed by atoms with E-state index in [0.717, 1.165) is 20.2 Å². The van der Waals surface area contributed by atoms with Gasteiger partial charge in [-0.05, 0) is 25.1 Å². The van der Waals surface area contributed by atoms with Gasteiger partial charge in [0.05, 0.1) is 18.0 Å². The van der Waals surface area contributed by atoms with Crippen molar-refractivity contribution >= 4 is 28.6 Å². The molecule has 0 fully saturated rings. The second-order valence-corrected chi connectivity index (χ2v) is 6.45. The number of amides is 1. The summed E-state index contributed by atoms with van der Waals surface area (Å²) in [6, 6.07) is 5.75. The first-order valence-corrected chi connectivity index (χ1v) is 7.90. The van der Waals surface area contributed by atoms with E-state index in [9.17, 15) is 4.79 Å². The number of carbonyl (C=O) groups excluding carboxylic acids is 1. The zero-order valence-electron chi connectivity index (χ0n) is 11.1. The molecule has 2 N–H and O–H groups in total. The van der Waals surface area contributed by atoms with Gasteiger partial charge in [-0.3, -0.25) is 4.79 Å². The number of thiophene rings is 2. The van der Waals surface area contributed by atoms with E-state index in [-0.39, 0.29) is 12.5 Å². The van der Waals surface area contributed by atoms with Crippen molar-refractivity contribution in [3.63, 3.8) is 0 Å². The Morgan fingerprint density at radius 3 is 3.00 bits per heavy atom. The first-order valence-electron chi connectivity index (χ1n) is 6.21. The molecule has 0 saturated carbocycles. The van der Waals surface area contributed by atoms with Gasteiger partial charge in [-0.15, -0.1) is 22.7 Å². The number of aliphatic hydroxyl groups excluding tert-OH is 1. The third kappa shape index (κ3) is 4.20. The van der Waals surface area contributed by atoms with Crippen molar-refractivity contribution in [3.05, 3.63) is 43.8 Å². The highest BCUT2D eigenvalue weighted by atomic mass is 32.1. The van der Waals surface area contributed by atoms with Gasteiger partial charge in [-0.25, -0.2) is 0 Å². The van der Waals surface area contributed by atoms with E-state index in [1.165, 1.54) is 11.3 Å². The van der Waals surface area contributed by atoms with Crippen LogP contribution in [0, 0.1) is 18.8 Å². The van der Waals surface area contributed by atoms with Crippen molar-refractivity contribution in [2.45, 2.75) is 19.9 Å². The summed E-state index contributed by atoms with van der Waals surface area (Å²) in [7, 11) is 0. The molecule has 3 nitrogen and oxygen atoms in total. The number of aliphatic hydroxyl groups is 1. The lowest BCUT2D eigenvalue weighted by atomic mass is 10.3. The lowest BCUT2D eigenvalue weighted by Gasteiger charge is -2.00. The normalized spacial score (nSPS) is 9.90. The summed E-state index contributed by atoms with van der Waals surface area (Å²) in [5, 5.41) is 13.5. The molecule has 0 bridgehead atoms. The Hall–Kier alpha value is -1.61. The molecule has 0 radical (unpaired) electrons. The average molecular weight is 305 g/mol. The smallest absolute Gasteiger partial charge is 0.261 e. The SMILES string of the molecule is Cc1ccc(C(=O)NCc2cc(C#CCCO)cs2)s1. The van der Waals surface area contributed by atoms with Crippen LogP contribution < -0.4 is 5.32 Å². The number of aryl methyl sites for hydroxylation is 1. The zero-order chi connectivity index (χ0) is 14.4. The van der Waals surface area contributed by atoms with Crippen molar-refractivity contribution in [3.8, 4) is 11.8 Å². The van der Waals surface area contributed by atoms with Gasteiger partial charge >= 0.3 is 0 Å². The van der Waals surface area contributed by atoms with Gasteiger partial charge in [0.25, 0.3) is 5.91 Å². The predicted octanol–water partition coefficient (Wildman–Crippen LogP) is 2.78. The number of carbonyl (C=O) groups is 1. The molecule has 1 amide bonds. The Bertz CT molecular complexity index is 646. The second-order valence-electron chi connectivity index (χ2n) is 4.17. The van der Waals surface area contributed by atoms with Crippen LogP contribution in [0.3, 0.4) is 0 Å². The van der Waals surface area contributed by atoms with E-state index in [4.69, 9.17) is 5.11 Å². The van der Waals surface area contributed by atoms with Crippen LogP contribution in [0.15, 0.2) is 23.6 Å². The fourth-order valence-electron chi connectivity index (χ4n) is 1.57. The fourth-order valence-corrected chi connectivity index (χ4v) is 3.11. The van der Waals surface area contributed by atoms with E-state index < -0.39 is 0 Å². The van der Waals surface area contributed by atoms with Crippen molar-refractivity contribution in [1.29, 1.82) is 0 Å². The summed E-state index contributed by atoms with van der Waals surface area (Å²) in [6.45, 7) is 2.58. The standard InChI is InChI=1S/C15H15NO2S2/c1-11-5-6-14(20-11)15(18)16-9-13-8-12(10-19-13)4-2-3-7-17/h5-6,8,10,17H,3,7,9H2,1H3,(H,16,18). The summed E-state index contributed by atoms with van der Waals surface area (Å²) in [5.41, 5.74) is 0.930. The number of nitrogens with one attached hydrogen (secondary N) is 1. The third-order valence-corrected chi connectivity index (χ3v) is 4.45. The highest BCUT2D eigenvalue weighted by molar-refractivity contribution is 7.14. The molecule has 0 aliphatic rings. The van der Waals surface area contributed by atoms with Crippen LogP contribution >= 0.6 is 22.7 Å². The fraction of sp³-hybridized carbons (Fsp3) is 0.267. The molecule has 5 heteroatoms. The summed E-state index contributed by atoms with van der Waals surface area (Å²) < 4.78 is 0. The topological polar surface area (TPSA) is 49.3 Å². The van der Waals surface area contributed by atoms with Crippen LogP contribution in [-0.2, 0) is 6.54 Å². The van der Waals surface area contributed by atoms with Crippen LogP contribution in [0.25, 0.3) is 0 Å². The molecule has 2 aromatic heterocycles. The minimum Gasteiger partial charge on any atom is -0.395 e. The van der Waals surface area contributed by atoms with Crippen molar-refractivity contribution in [1.82, 2.24) is 5.32 Å². The van der Waals surface area contributed by atoms with Gasteiger partial charge in [-0.2, -0.15) is 0 Å². The molecule has 2 heterocycles. The maximum Gasteiger partial charge on any atom is 0.261 e. The molecule has 0 atom stereocenters. The molecular formula is C15H15NO2S2. The maximum atomic E-state index is 11.9. The summed E-state index contributed by atoms with van der Waals surface area (Å²) in [5.74, 6) is 5.82. The van der Waals surface area contributed by atoms with Crippen LogP contribution in [0.2, 0.25) is 0 Å². The molecular weight excluding hydrogens is 290 g/mol. The van der Waals surface area contributed by atoms with E-state index in [1.807, 2.05) is 30.5 Å². The van der Waals surface area contributed by atoms with E-state index in [0.29, 0.717) is 13.0 Å². The highest BCUT2D eigenvalue weighted by Crippen LogP contribution is 2.16. The largest absolute Gasteiger partial charge is 0.395 e. The molecule has 2 aromatic rings. The maximum absolute atomic E-state index is 11.9. The summed E-state index contributed by atoms with van der Waals surface area (Å²) in [4.78, 5) is 14.8. The minimum absolute atomic E-state index is 0.0376. The molecule has 0 saturated heterocycles. The highest BCUT2D eigenvalue weighted by Gasteiger charge is 2.08. The monoisotopic (exact) mass is 305 g/mol. The van der Waals surface area contributed by atoms with Gasteiger partial charge in [0.1, 0.15) is 0 Å². The van der Waals surface area contributed by atoms with Gasteiger partial charge < -0.3 is 10.4 Å². The van der Waals surface area contributed by atoms with Crippen LogP contribution in [0.4, 0.5) is 0 Å². The number of rotatable bonds is 4. The van der Waals surface area contributed by atoms with Gasteiger partial charge in [0.15, 0.2) is 0 Å². The molecule has 2 rings (SSSR count). The Labute approximate surface area is 126 Å². The Morgan fingerprint density at radius 2 is 2.30 bits per heavy atom. The number of hydrogen-bond acceptors (Lipinski definition) is 4. The van der Waals surface area contributed by atoms with Crippen LogP contribution in [-0.4, -0.2) is 17.6 Å². The molecule has 20 heavy (non-hydrogen) atoms. The quantitative estimate of drug-likeness (QED) is 0.853. The van der Waals surface area contributed by atoms with E-state index >= 15 is 0 Å². The molecule has 104 valence electrons. The second kappa shape index (κ2) is 7.25. The zero-order valence-corrected chi connectivity index (χ0v) is 12.7. The van der Waals surface area contributed by atoms with E-state index in [2.05, 4.69) is 17.2 Å². The summed E-state index contributed by atoms with van der Waals surface area (Å²) in [6.07, 6.45) is 0.486. The lowest BCUT2D eigenvalue weighted by molar-refractivity contribution is 0.0955. The predicted molar refractivity (Wildman–Crippen MR) is 83.1 cm³/mol. The van der Waals surface area contributed by atoms with Crippen LogP contribution in [0.5, 0.6) is 0 Å². The number of hydrogen-bond donors (Lipinski definition) is 2. The third-order valence-electron chi connectivity index (χ3n) is 2.51. The van der Waals surface area contributed by atoms with Crippen molar-refractivity contribution < 1.29 is 9.90 Å². The first-order chi connectivity index (χ1) is 9.69. The summed E-state index contributed by atoms with van der Waals surface area (Å²) >= 11 is 3.07. The van der Waals surface area contributed by atoms with Gasteiger partial charge in [-0.1, -0.05) is 11.8 Å². The Kier molecular flexibility index (Phi) is 5.36. The van der Waals surface area contributed by atoms with Gasteiger partial charge in [0, 0.05) is 27.1 Å². The molecule has 0 unspecified atom stereocenters. The Morgan fingerprint density at radius 1 is 1.45 bits per heavy atom. The van der Waals surface area contributed by atoms with Gasteiger partial charge in [0.2, 0.25) is 0 Å². The van der Waals surface area contributed by atoms with E-state index in [1.54, 1.807) is 11.3 Å². The van der Waals surface area contributed by atoms with Crippen molar-refractivity contribution in [2.24, 2.45) is 0 Å². The lowest BCUT2D eigenvalue weighted by Crippen LogP contribution is -2.21. The molecule has 0 aromatic carbocycles.